The number of aromatic nitrogens is 1. The van der Waals surface area contributed by atoms with E-state index < -0.39 is 5.97 Å². The number of oxazole rings is 1. The molecule has 2 rings (SSSR count). The largest absolute Gasteiger partial charge is 0.461 e. The number of nitrogens with one attached hydrogen (secondary N) is 1. The van der Waals surface area contributed by atoms with Gasteiger partial charge in [0.15, 0.2) is 5.69 Å². The Balaban J connectivity index is 2.21. The molecule has 0 saturated carbocycles. The Bertz CT molecular complexity index is 609. The summed E-state index contributed by atoms with van der Waals surface area (Å²) in [4.78, 5) is 15.6. The molecule has 1 aromatic heterocycles. The summed E-state index contributed by atoms with van der Waals surface area (Å²) in [7, 11) is 0. The first-order valence-corrected chi connectivity index (χ1v) is 6.48. The number of anilines is 2. The van der Waals surface area contributed by atoms with Gasteiger partial charge in [-0.05, 0) is 38.8 Å². The fourth-order valence-corrected chi connectivity index (χ4v) is 2.11. The summed E-state index contributed by atoms with van der Waals surface area (Å²) in [5.74, 6) is -0.485. The van der Waals surface area contributed by atoms with E-state index in [1.54, 1.807) is 6.92 Å². The zero-order valence-electron chi connectivity index (χ0n) is 12.1. The molecule has 0 saturated heterocycles. The van der Waals surface area contributed by atoms with E-state index in [4.69, 9.17) is 9.15 Å². The average Bonchev–Trinajstić information content (AvgIpc) is 2.82. The van der Waals surface area contributed by atoms with Crippen molar-refractivity contribution >= 4 is 17.7 Å². The van der Waals surface area contributed by atoms with Crippen LogP contribution in [0.1, 0.15) is 34.1 Å². The van der Waals surface area contributed by atoms with Gasteiger partial charge in [0.2, 0.25) is 0 Å². The van der Waals surface area contributed by atoms with Gasteiger partial charge in [-0.2, -0.15) is 4.98 Å². The number of nitrogens with zero attached hydrogens (tertiary/aromatic N) is 1. The van der Waals surface area contributed by atoms with E-state index in [2.05, 4.69) is 22.4 Å². The molecule has 0 atom stereocenters. The number of hydrogen-bond donors (Lipinski definition) is 1. The Morgan fingerprint density at radius 1 is 1.30 bits per heavy atom. The van der Waals surface area contributed by atoms with Gasteiger partial charge in [0, 0.05) is 5.69 Å². The van der Waals surface area contributed by atoms with Crippen LogP contribution in [0.4, 0.5) is 11.7 Å². The molecule has 0 unspecified atom stereocenters. The molecule has 0 amide bonds. The van der Waals surface area contributed by atoms with Crippen molar-refractivity contribution in [3.05, 3.63) is 40.8 Å². The van der Waals surface area contributed by atoms with E-state index >= 15 is 0 Å². The van der Waals surface area contributed by atoms with Gasteiger partial charge in [-0.1, -0.05) is 17.7 Å². The number of ether oxygens (including phenoxy) is 1. The first-order valence-electron chi connectivity index (χ1n) is 6.48. The molecular formula is C15H18N2O3. The predicted molar refractivity (Wildman–Crippen MR) is 76.4 cm³/mol. The number of carbonyl (C=O) groups is 1. The summed E-state index contributed by atoms with van der Waals surface area (Å²) in [6.45, 7) is 8.13. The fraction of sp³-hybridized carbons (Fsp3) is 0.333. The molecule has 2 aromatic rings. The third-order valence-corrected chi connectivity index (χ3v) is 2.90. The van der Waals surface area contributed by atoms with Crippen LogP contribution in [0.25, 0.3) is 0 Å². The molecule has 0 aliphatic rings. The van der Waals surface area contributed by atoms with E-state index in [0.717, 1.165) is 16.8 Å². The summed E-state index contributed by atoms with van der Waals surface area (Å²) in [5, 5.41) is 3.10. The number of aryl methyl sites for hydroxylation is 3. The highest BCUT2D eigenvalue weighted by atomic mass is 16.5. The normalized spacial score (nSPS) is 10.4. The van der Waals surface area contributed by atoms with Crippen LogP contribution < -0.4 is 5.32 Å². The summed E-state index contributed by atoms with van der Waals surface area (Å²) in [6, 6.07) is 4.43. The van der Waals surface area contributed by atoms with Crippen molar-refractivity contribution in [1.29, 1.82) is 0 Å². The number of benzene rings is 1. The summed E-state index contributed by atoms with van der Waals surface area (Å²) >= 11 is 0. The Labute approximate surface area is 118 Å². The summed E-state index contributed by atoms with van der Waals surface area (Å²) in [5.41, 5.74) is 4.49. The zero-order valence-corrected chi connectivity index (χ0v) is 12.1. The Morgan fingerprint density at radius 2 is 1.95 bits per heavy atom. The maximum Gasteiger partial charge on any atom is 0.360 e. The van der Waals surface area contributed by atoms with Crippen LogP contribution in [0.3, 0.4) is 0 Å². The zero-order chi connectivity index (χ0) is 14.7. The van der Waals surface area contributed by atoms with Crippen molar-refractivity contribution in [3.8, 4) is 0 Å². The van der Waals surface area contributed by atoms with Crippen LogP contribution in [0, 0.1) is 20.8 Å². The topological polar surface area (TPSA) is 64.4 Å². The fourth-order valence-electron chi connectivity index (χ4n) is 2.11. The van der Waals surface area contributed by atoms with E-state index in [1.807, 2.05) is 20.8 Å². The Hall–Kier alpha value is -2.30. The second-order valence-corrected chi connectivity index (χ2v) is 4.66. The first kappa shape index (κ1) is 14.1. The molecule has 1 heterocycles. The van der Waals surface area contributed by atoms with E-state index in [0.29, 0.717) is 6.61 Å². The van der Waals surface area contributed by atoms with Crippen LogP contribution in [0.15, 0.2) is 22.8 Å². The van der Waals surface area contributed by atoms with Gasteiger partial charge < -0.3 is 14.5 Å². The minimum absolute atomic E-state index is 0.164. The standard InChI is InChI=1S/C15H18N2O3/c1-5-19-14(18)12-8-20-15(16-12)17-13-10(3)6-9(2)7-11(13)4/h6-8H,5H2,1-4H3,(H,16,17). The molecule has 5 heteroatoms. The lowest BCUT2D eigenvalue weighted by Gasteiger charge is -2.10. The summed E-state index contributed by atoms with van der Waals surface area (Å²) in [6.07, 6.45) is 1.29. The SMILES string of the molecule is CCOC(=O)c1coc(Nc2c(C)cc(C)cc2C)n1. The van der Waals surface area contributed by atoms with Crippen LogP contribution in [-0.4, -0.2) is 17.6 Å². The monoisotopic (exact) mass is 274 g/mol. The highest BCUT2D eigenvalue weighted by Crippen LogP contribution is 2.25. The third kappa shape index (κ3) is 2.99. The molecule has 1 aromatic carbocycles. The van der Waals surface area contributed by atoms with Crippen molar-refractivity contribution < 1.29 is 13.9 Å². The molecule has 0 fully saturated rings. The highest BCUT2D eigenvalue weighted by molar-refractivity contribution is 5.87. The van der Waals surface area contributed by atoms with Gasteiger partial charge in [0.1, 0.15) is 6.26 Å². The average molecular weight is 274 g/mol. The second kappa shape index (κ2) is 5.77. The number of esters is 1. The van der Waals surface area contributed by atoms with E-state index in [1.165, 1.54) is 11.8 Å². The van der Waals surface area contributed by atoms with Crippen LogP contribution in [0.5, 0.6) is 0 Å². The third-order valence-electron chi connectivity index (χ3n) is 2.90. The lowest BCUT2D eigenvalue weighted by atomic mass is 10.1. The summed E-state index contributed by atoms with van der Waals surface area (Å²) < 4.78 is 10.1. The minimum atomic E-state index is -0.485. The maximum absolute atomic E-state index is 11.5. The van der Waals surface area contributed by atoms with Crippen molar-refractivity contribution in [2.24, 2.45) is 0 Å². The first-order chi connectivity index (χ1) is 9.51. The predicted octanol–water partition coefficient (Wildman–Crippen LogP) is 3.52. The lowest BCUT2D eigenvalue weighted by Crippen LogP contribution is -2.05. The molecule has 0 bridgehead atoms. The van der Waals surface area contributed by atoms with Crippen LogP contribution in [0.2, 0.25) is 0 Å². The van der Waals surface area contributed by atoms with Gasteiger partial charge in [-0.25, -0.2) is 4.79 Å². The van der Waals surface area contributed by atoms with Crippen LogP contribution in [-0.2, 0) is 4.74 Å². The molecule has 20 heavy (non-hydrogen) atoms. The smallest absolute Gasteiger partial charge is 0.360 e. The van der Waals surface area contributed by atoms with Gasteiger partial charge in [0.05, 0.1) is 6.61 Å². The lowest BCUT2D eigenvalue weighted by molar-refractivity contribution is 0.0519. The number of carbonyl (C=O) groups excluding carboxylic acids is 1. The Morgan fingerprint density at radius 3 is 2.55 bits per heavy atom. The molecule has 5 nitrogen and oxygen atoms in total. The molecule has 0 radical (unpaired) electrons. The number of hydrogen-bond acceptors (Lipinski definition) is 5. The number of rotatable bonds is 4. The van der Waals surface area contributed by atoms with Crippen molar-refractivity contribution in [2.45, 2.75) is 27.7 Å². The van der Waals surface area contributed by atoms with Crippen molar-refractivity contribution in [1.82, 2.24) is 4.98 Å². The van der Waals surface area contributed by atoms with Gasteiger partial charge >= 0.3 is 5.97 Å². The molecule has 106 valence electrons. The second-order valence-electron chi connectivity index (χ2n) is 4.66. The van der Waals surface area contributed by atoms with Crippen LogP contribution >= 0.6 is 0 Å². The molecular weight excluding hydrogens is 256 g/mol. The minimum Gasteiger partial charge on any atom is -0.461 e. The molecule has 0 aliphatic carbocycles. The van der Waals surface area contributed by atoms with Crippen molar-refractivity contribution in [2.75, 3.05) is 11.9 Å². The Kier molecular flexibility index (Phi) is 4.08. The van der Waals surface area contributed by atoms with Gasteiger partial charge in [0.25, 0.3) is 6.01 Å². The van der Waals surface area contributed by atoms with Crippen molar-refractivity contribution in [3.63, 3.8) is 0 Å². The van der Waals surface area contributed by atoms with Gasteiger partial charge in [-0.3, -0.25) is 0 Å². The molecule has 0 spiro atoms. The van der Waals surface area contributed by atoms with E-state index in [-0.39, 0.29) is 11.7 Å². The molecule has 0 aliphatic heterocycles. The quantitative estimate of drug-likeness (QED) is 0.864. The van der Waals surface area contributed by atoms with Gasteiger partial charge in [-0.15, -0.1) is 0 Å². The van der Waals surface area contributed by atoms with E-state index in [9.17, 15) is 4.79 Å². The highest BCUT2D eigenvalue weighted by Gasteiger charge is 2.14. The maximum atomic E-state index is 11.5. The molecule has 1 N–H and O–H groups in total.